The molecule has 0 spiro atoms. The monoisotopic (exact) mass is 438 g/mol. The van der Waals surface area contributed by atoms with Crippen molar-refractivity contribution in [3.8, 4) is 11.8 Å². The van der Waals surface area contributed by atoms with E-state index in [0.29, 0.717) is 20.4 Å². The van der Waals surface area contributed by atoms with Crippen LogP contribution >= 0.6 is 11.3 Å². The Morgan fingerprint density at radius 1 is 1.13 bits per heavy atom. The number of fused-ring (bicyclic) bond motifs is 1. The molecule has 0 bridgehead atoms. The van der Waals surface area contributed by atoms with E-state index in [9.17, 15) is 15.0 Å². The fourth-order valence-electron chi connectivity index (χ4n) is 2.91. The average Bonchev–Trinajstić information content (AvgIpc) is 3.33. The Labute approximate surface area is 180 Å². The first-order valence-corrected chi connectivity index (χ1v) is 9.96. The van der Waals surface area contributed by atoms with Gasteiger partial charge in [-0.25, -0.2) is 9.78 Å². The largest absolute Gasteiger partial charge is 0.492 e. The van der Waals surface area contributed by atoms with Gasteiger partial charge in [-0.05, 0) is 24.3 Å². The number of thiazole rings is 1. The van der Waals surface area contributed by atoms with Crippen molar-refractivity contribution >= 4 is 44.7 Å². The number of azo groups is 1. The van der Waals surface area contributed by atoms with Crippen LogP contribution in [0.5, 0.6) is 11.8 Å². The van der Waals surface area contributed by atoms with Gasteiger partial charge >= 0.3 is 5.97 Å². The minimum Gasteiger partial charge on any atom is -0.492 e. The van der Waals surface area contributed by atoms with Gasteiger partial charge in [-0.3, -0.25) is 4.98 Å². The van der Waals surface area contributed by atoms with E-state index in [4.69, 9.17) is 4.84 Å². The highest BCUT2D eigenvalue weighted by Crippen LogP contribution is 2.33. The number of carbonyl (C=O) groups excluding carboxylic acids is 1. The van der Waals surface area contributed by atoms with Gasteiger partial charge in [0.15, 0.2) is 0 Å². The molecule has 0 atom stereocenters. The van der Waals surface area contributed by atoms with Crippen LogP contribution in [0.15, 0.2) is 59.0 Å². The maximum Gasteiger partial charge on any atom is 0.338 e. The number of benzene rings is 1. The molecule has 0 aliphatic carbocycles. The first-order valence-electron chi connectivity index (χ1n) is 9.14. The number of aromatic hydroxyl groups is 2. The average molecular weight is 438 g/mol. The first-order chi connectivity index (χ1) is 14.9. The maximum absolute atomic E-state index is 12.1. The fraction of sp³-hybridized carbons (Fsp3) is 0.150. The van der Waals surface area contributed by atoms with Crippen molar-refractivity contribution in [2.24, 2.45) is 10.2 Å². The molecule has 0 amide bonds. The Kier molecular flexibility index (Phi) is 5.50. The van der Waals surface area contributed by atoms with Gasteiger partial charge in [0, 0.05) is 54.6 Å². The van der Waals surface area contributed by atoms with Crippen LogP contribution in [0.3, 0.4) is 0 Å². The molecule has 0 fully saturated rings. The van der Waals surface area contributed by atoms with Crippen LogP contribution in [0.1, 0.15) is 4.88 Å². The highest BCUT2D eigenvalue weighted by Gasteiger charge is 2.14. The third-order valence-corrected chi connectivity index (χ3v) is 5.18. The Balaban J connectivity index is 1.49. The van der Waals surface area contributed by atoms with Crippen molar-refractivity contribution in [1.29, 1.82) is 0 Å². The number of carbonyl (C=O) groups is 1. The van der Waals surface area contributed by atoms with Crippen molar-refractivity contribution in [3.63, 3.8) is 0 Å². The molecule has 0 aliphatic rings. The highest BCUT2D eigenvalue weighted by molar-refractivity contribution is 7.15. The number of nitrogens with zero attached hydrogens (tertiary/aromatic N) is 6. The van der Waals surface area contributed by atoms with Gasteiger partial charge in [0.1, 0.15) is 5.69 Å². The predicted molar refractivity (Wildman–Crippen MR) is 115 cm³/mol. The molecule has 31 heavy (non-hydrogen) atoms. The van der Waals surface area contributed by atoms with Gasteiger partial charge in [0.05, 0.1) is 11.9 Å². The van der Waals surface area contributed by atoms with E-state index in [1.165, 1.54) is 29.7 Å². The minimum absolute atomic E-state index is 0.105. The molecule has 0 saturated heterocycles. The van der Waals surface area contributed by atoms with Crippen LogP contribution in [-0.4, -0.2) is 45.0 Å². The molecule has 0 saturated carbocycles. The lowest BCUT2D eigenvalue weighted by Crippen LogP contribution is -2.20. The Hall–Kier alpha value is -3.99. The highest BCUT2D eigenvalue weighted by atomic mass is 32.1. The van der Waals surface area contributed by atoms with E-state index >= 15 is 0 Å². The second-order valence-corrected chi connectivity index (χ2v) is 7.78. The van der Waals surface area contributed by atoms with Gasteiger partial charge in [0.25, 0.3) is 0 Å². The summed E-state index contributed by atoms with van der Waals surface area (Å²) in [7, 11) is 3.92. The molecular formula is C20H18N6O4S. The van der Waals surface area contributed by atoms with E-state index in [2.05, 4.69) is 20.2 Å². The SMILES string of the molecule is CN(C)c1ccc(N=Nc2ncc(CC(=O)On3c(O)ccc3O)s2)c2ncccc12. The van der Waals surface area contributed by atoms with E-state index in [0.717, 1.165) is 16.6 Å². The second kappa shape index (κ2) is 8.40. The van der Waals surface area contributed by atoms with Crippen LogP contribution in [0.2, 0.25) is 0 Å². The van der Waals surface area contributed by atoms with Crippen molar-refractivity contribution in [1.82, 2.24) is 14.7 Å². The summed E-state index contributed by atoms with van der Waals surface area (Å²) >= 11 is 1.18. The zero-order chi connectivity index (χ0) is 22.0. The lowest BCUT2D eigenvalue weighted by Gasteiger charge is -2.15. The molecule has 4 aromatic rings. The number of aromatic nitrogens is 3. The molecule has 0 radical (unpaired) electrons. The smallest absolute Gasteiger partial charge is 0.338 e. The van der Waals surface area contributed by atoms with Crippen molar-refractivity contribution < 1.29 is 19.8 Å². The zero-order valence-electron chi connectivity index (χ0n) is 16.6. The van der Waals surface area contributed by atoms with Crippen molar-refractivity contribution in [2.45, 2.75) is 6.42 Å². The molecule has 4 rings (SSSR count). The quantitative estimate of drug-likeness (QED) is 0.441. The van der Waals surface area contributed by atoms with Crippen LogP contribution in [0.25, 0.3) is 10.9 Å². The Bertz CT molecular complexity index is 1260. The Morgan fingerprint density at radius 2 is 1.90 bits per heavy atom. The van der Waals surface area contributed by atoms with Gasteiger partial charge in [-0.1, -0.05) is 11.3 Å². The Morgan fingerprint density at radius 3 is 2.65 bits per heavy atom. The van der Waals surface area contributed by atoms with Gasteiger partial charge in [-0.15, -0.1) is 15.0 Å². The standard InChI is InChI=1S/C20H18N6O4S/c1-25(2)15-6-5-14(19-13(15)4-3-9-21-19)23-24-20-22-11-12(31-20)10-18(29)30-26-16(27)7-8-17(26)28/h3-9,11,27-28H,10H2,1-2H3. The summed E-state index contributed by atoms with van der Waals surface area (Å²) in [5.74, 6) is -1.44. The summed E-state index contributed by atoms with van der Waals surface area (Å²) in [6.45, 7) is 0. The van der Waals surface area contributed by atoms with E-state index < -0.39 is 5.97 Å². The summed E-state index contributed by atoms with van der Waals surface area (Å²) < 4.78 is 0.638. The van der Waals surface area contributed by atoms with Gasteiger partial charge < -0.3 is 20.0 Å². The zero-order valence-corrected chi connectivity index (χ0v) is 17.4. The molecule has 2 N–H and O–H groups in total. The lowest BCUT2D eigenvalue weighted by molar-refractivity contribution is -0.144. The second-order valence-electron chi connectivity index (χ2n) is 6.69. The summed E-state index contributed by atoms with van der Waals surface area (Å²) in [6.07, 6.45) is 3.10. The molecule has 0 unspecified atom stereocenters. The maximum atomic E-state index is 12.1. The summed E-state index contributed by atoms with van der Waals surface area (Å²) in [6, 6.07) is 10.1. The number of rotatable bonds is 6. The molecule has 0 aliphatic heterocycles. The molecule has 3 aromatic heterocycles. The number of pyridine rings is 1. The van der Waals surface area contributed by atoms with Crippen LogP contribution < -0.4 is 9.74 Å². The van der Waals surface area contributed by atoms with Crippen molar-refractivity contribution in [3.05, 3.63) is 53.7 Å². The van der Waals surface area contributed by atoms with E-state index in [1.54, 1.807) is 6.20 Å². The number of hydrogen-bond donors (Lipinski definition) is 2. The van der Waals surface area contributed by atoms with Crippen LogP contribution in [0, 0.1) is 0 Å². The van der Waals surface area contributed by atoms with E-state index in [1.807, 2.05) is 43.3 Å². The lowest BCUT2D eigenvalue weighted by atomic mass is 10.1. The molecule has 10 nitrogen and oxygen atoms in total. The van der Waals surface area contributed by atoms with Crippen LogP contribution in [-0.2, 0) is 11.2 Å². The topological polar surface area (TPSA) is 125 Å². The molecule has 158 valence electrons. The van der Waals surface area contributed by atoms with Crippen LogP contribution in [0.4, 0.5) is 16.5 Å². The minimum atomic E-state index is -0.677. The third-order valence-electron chi connectivity index (χ3n) is 4.30. The molecular weight excluding hydrogens is 420 g/mol. The molecule has 11 heteroatoms. The van der Waals surface area contributed by atoms with Gasteiger partial charge in [-0.2, -0.15) is 0 Å². The van der Waals surface area contributed by atoms with Gasteiger partial charge in [0.2, 0.25) is 16.9 Å². The molecule has 3 heterocycles. The summed E-state index contributed by atoms with van der Waals surface area (Å²) in [4.78, 5) is 28.2. The first kappa shape index (κ1) is 20.3. The summed E-state index contributed by atoms with van der Waals surface area (Å²) in [5.41, 5.74) is 2.36. The van der Waals surface area contributed by atoms with Crippen molar-refractivity contribution in [2.75, 3.05) is 19.0 Å². The summed E-state index contributed by atoms with van der Waals surface area (Å²) in [5, 5.41) is 28.9. The van der Waals surface area contributed by atoms with E-state index in [-0.39, 0.29) is 18.2 Å². The third kappa shape index (κ3) is 4.31. The predicted octanol–water partition coefficient (Wildman–Crippen LogP) is 3.58. The number of hydrogen-bond acceptors (Lipinski definition) is 10. The normalized spacial score (nSPS) is 11.3. The molecule has 1 aromatic carbocycles. The fourth-order valence-corrected chi connectivity index (χ4v) is 3.62. The number of anilines is 1.